The van der Waals surface area contributed by atoms with Crippen molar-refractivity contribution < 1.29 is 14.9 Å². The van der Waals surface area contributed by atoms with Crippen LogP contribution in [0.3, 0.4) is 0 Å². The van der Waals surface area contributed by atoms with Crippen LogP contribution in [-0.4, -0.2) is 22.8 Å². The fourth-order valence-electron chi connectivity index (χ4n) is 3.00. The first-order chi connectivity index (χ1) is 8.15. The zero-order chi connectivity index (χ0) is 13.0. The summed E-state index contributed by atoms with van der Waals surface area (Å²) in [6.07, 6.45) is 2.43. The Morgan fingerprint density at radius 2 is 1.88 bits per heavy atom. The van der Waals surface area contributed by atoms with E-state index in [9.17, 15) is 10.2 Å². The number of aliphatic hydroxyl groups excluding tert-OH is 2. The second-order valence-electron chi connectivity index (χ2n) is 4.67. The molecule has 2 rings (SSSR count). The molecule has 0 radical (unpaired) electrons. The first-order valence-electron chi connectivity index (χ1n) is 6.86. The van der Waals surface area contributed by atoms with E-state index in [1.807, 2.05) is 13.8 Å². The van der Waals surface area contributed by atoms with Gasteiger partial charge in [0.15, 0.2) is 12.6 Å². The molecular weight excluding hydrogens is 216 g/mol. The monoisotopic (exact) mass is 242 g/mol. The minimum atomic E-state index is -0.829. The molecule has 0 amide bonds. The van der Waals surface area contributed by atoms with Gasteiger partial charge in [0.1, 0.15) is 0 Å². The minimum Gasteiger partial charge on any atom is -0.367 e. The zero-order valence-corrected chi connectivity index (χ0v) is 11.4. The van der Waals surface area contributed by atoms with Crippen molar-refractivity contribution in [2.75, 3.05) is 0 Å². The summed E-state index contributed by atoms with van der Waals surface area (Å²) in [6.45, 7) is 8.18. The molecule has 1 heterocycles. The molecule has 1 aliphatic carbocycles. The van der Waals surface area contributed by atoms with E-state index in [1.165, 1.54) is 11.1 Å². The van der Waals surface area contributed by atoms with Crippen LogP contribution >= 0.6 is 0 Å². The largest absolute Gasteiger partial charge is 0.367 e. The van der Waals surface area contributed by atoms with E-state index in [1.54, 1.807) is 0 Å². The van der Waals surface area contributed by atoms with Crippen LogP contribution in [0.5, 0.6) is 0 Å². The number of fused-ring (bicyclic) bond motifs is 1. The molecular formula is C14H26O3. The average Bonchev–Trinajstić information content (AvgIpc) is 2.33. The van der Waals surface area contributed by atoms with Crippen molar-refractivity contribution in [1.82, 2.24) is 0 Å². The maximum absolute atomic E-state index is 9.79. The third kappa shape index (κ3) is 2.90. The van der Waals surface area contributed by atoms with Crippen LogP contribution in [-0.2, 0) is 4.74 Å². The number of aliphatic hydroxyl groups is 2. The number of rotatable bonds is 1. The standard InChI is InChI=1S/C12H20O3.C2H6/c1-3-8-10-7(2)5-4-6-9(10)12(14)15-11(8)13;1-2/h8-9,11-14H,3-6H2,1-2H3;1-2H3/t8?,9-,11?,12+;/m0./s1. The summed E-state index contributed by atoms with van der Waals surface area (Å²) in [4.78, 5) is 0. The van der Waals surface area contributed by atoms with Gasteiger partial charge in [-0.05, 0) is 32.6 Å². The first kappa shape index (κ1) is 14.7. The summed E-state index contributed by atoms with van der Waals surface area (Å²) in [5.41, 5.74) is 2.61. The average molecular weight is 242 g/mol. The highest BCUT2D eigenvalue weighted by Crippen LogP contribution is 2.43. The van der Waals surface area contributed by atoms with Crippen molar-refractivity contribution in [3.63, 3.8) is 0 Å². The zero-order valence-electron chi connectivity index (χ0n) is 11.4. The minimum absolute atomic E-state index is 0.0821. The van der Waals surface area contributed by atoms with E-state index in [2.05, 4.69) is 13.8 Å². The molecule has 2 unspecified atom stereocenters. The number of hydrogen-bond donors (Lipinski definition) is 2. The normalized spacial score (nSPS) is 37.1. The lowest BCUT2D eigenvalue weighted by molar-refractivity contribution is -0.260. The Kier molecular flexibility index (Phi) is 5.63. The highest BCUT2D eigenvalue weighted by atomic mass is 16.7. The summed E-state index contributed by atoms with van der Waals surface area (Å²) in [5, 5.41) is 19.6. The molecule has 0 spiro atoms. The Labute approximate surface area is 104 Å². The highest BCUT2D eigenvalue weighted by Gasteiger charge is 2.41. The van der Waals surface area contributed by atoms with Crippen molar-refractivity contribution in [2.24, 2.45) is 11.8 Å². The molecule has 2 N–H and O–H groups in total. The Bertz CT molecular complexity index is 273. The molecule has 0 bridgehead atoms. The van der Waals surface area contributed by atoms with Gasteiger partial charge in [-0.2, -0.15) is 0 Å². The predicted molar refractivity (Wildman–Crippen MR) is 68.3 cm³/mol. The van der Waals surface area contributed by atoms with Gasteiger partial charge in [0.2, 0.25) is 0 Å². The Morgan fingerprint density at radius 3 is 2.47 bits per heavy atom. The maximum Gasteiger partial charge on any atom is 0.164 e. The number of hydrogen-bond acceptors (Lipinski definition) is 3. The van der Waals surface area contributed by atoms with Crippen LogP contribution < -0.4 is 0 Å². The van der Waals surface area contributed by atoms with E-state index in [0.29, 0.717) is 0 Å². The summed E-state index contributed by atoms with van der Waals surface area (Å²) in [5.74, 6) is 0.200. The molecule has 100 valence electrons. The molecule has 0 saturated carbocycles. The van der Waals surface area contributed by atoms with Gasteiger partial charge in [-0.3, -0.25) is 0 Å². The number of allylic oxidation sites excluding steroid dienone is 1. The quantitative estimate of drug-likeness (QED) is 0.695. The van der Waals surface area contributed by atoms with Crippen LogP contribution in [0.25, 0.3) is 0 Å². The molecule has 4 atom stereocenters. The van der Waals surface area contributed by atoms with E-state index >= 15 is 0 Å². The van der Waals surface area contributed by atoms with Crippen molar-refractivity contribution in [2.45, 2.75) is 66.0 Å². The Balaban J connectivity index is 0.000000686. The summed E-state index contributed by atoms with van der Waals surface area (Å²) < 4.78 is 5.18. The molecule has 0 aromatic heterocycles. The Morgan fingerprint density at radius 1 is 1.24 bits per heavy atom. The van der Waals surface area contributed by atoms with Crippen LogP contribution in [0.4, 0.5) is 0 Å². The van der Waals surface area contributed by atoms with Gasteiger partial charge < -0.3 is 14.9 Å². The maximum atomic E-state index is 9.79. The molecule has 3 nitrogen and oxygen atoms in total. The fraction of sp³-hybridized carbons (Fsp3) is 0.857. The predicted octanol–water partition coefficient (Wildman–Crippen LogP) is 2.82. The van der Waals surface area contributed by atoms with Crippen molar-refractivity contribution >= 4 is 0 Å². The highest BCUT2D eigenvalue weighted by molar-refractivity contribution is 5.23. The third-order valence-electron chi connectivity index (χ3n) is 3.77. The van der Waals surface area contributed by atoms with Gasteiger partial charge >= 0.3 is 0 Å². The van der Waals surface area contributed by atoms with Gasteiger partial charge in [-0.15, -0.1) is 0 Å². The van der Waals surface area contributed by atoms with E-state index in [-0.39, 0.29) is 11.8 Å². The van der Waals surface area contributed by atoms with Gasteiger partial charge in [0.05, 0.1) is 0 Å². The molecule has 3 heteroatoms. The Hall–Kier alpha value is -0.380. The summed E-state index contributed by atoms with van der Waals surface area (Å²) in [7, 11) is 0. The smallest absolute Gasteiger partial charge is 0.164 e. The van der Waals surface area contributed by atoms with Crippen molar-refractivity contribution in [3.05, 3.63) is 11.1 Å². The molecule has 17 heavy (non-hydrogen) atoms. The van der Waals surface area contributed by atoms with Crippen LogP contribution in [0.15, 0.2) is 11.1 Å². The van der Waals surface area contributed by atoms with Gasteiger partial charge in [-0.1, -0.05) is 31.9 Å². The van der Waals surface area contributed by atoms with Crippen LogP contribution in [0.2, 0.25) is 0 Å². The van der Waals surface area contributed by atoms with Crippen molar-refractivity contribution in [3.8, 4) is 0 Å². The van der Waals surface area contributed by atoms with E-state index in [4.69, 9.17) is 4.74 Å². The number of ether oxygens (including phenoxy) is 1. The van der Waals surface area contributed by atoms with E-state index < -0.39 is 12.6 Å². The fourth-order valence-corrected chi connectivity index (χ4v) is 3.00. The molecule has 0 aromatic rings. The topological polar surface area (TPSA) is 49.7 Å². The van der Waals surface area contributed by atoms with Crippen molar-refractivity contribution in [1.29, 1.82) is 0 Å². The SMILES string of the molecule is CC.CCC1C2=C(C)CCC[C@@H]2[C@H](O)OC1O. The van der Waals surface area contributed by atoms with E-state index in [0.717, 1.165) is 25.7 Å². The molecule has 2 aliphatic rings. The summed E-state index contributed by atoms with van der Waals surface area (Å²) in [6, 6.07) is 0. The first-order valence-corrected chi connectivity index (χ1v) is 6.86. The second-order valence-corrected chi connectivity index (χ2v) is 4.67. The molecule has 1 aliphatic heterocycles. The lowest BCUT2D eigenvalue weighted by atomic mass is 9.74. The second kappa shape index (κ2) is 6.53. The van der Waals surface area contributed by atoms with Gasteiger partial charge in [-0.25, -0.2) is 0 Å². The van der Waals surface area contributed by atoms with Gasteiger partial charge in [0, 0.05) is 11.8 Å². The summed E-state index contributed by atoms with van der Waals surface area (Å²) >= 11 is 0. The molecule has 0 aromatic carbocycles. The lowest BCUT2D eigenvalue weighted by Crippen LogP contribution is -2.44. The third-order valence-corrected chi connectivity index (χ3v) is 3.77. The van der Waals surface area contributed by atoms with Gasteiger partial charge in [0.25, 0.3) is 0 Å². The molecule has 1 fully saturated rings. The lowest BCUT2D eigenvalue weighted by Gasteiger charge is -2.42. The van der Waals surface area contributed by atoms with Crippen LogP contribution in [0.1, 0.15) is 53.4 Å². The van der Waals surface area contributed by atoms with Crippen LogP contribution in [0, 0.1) is 11.8 Å². The molecule has 1 saturated heterocycles.